The third-order valence-electron chi connectivity index (χ3n) is 3.83. The van der Waals surface area contributed by atoms with Crippen LogP contribution < -0.4 is 10.1 Å². The summed E-state index contributed by atoms with van der Waals surface area (Å²) < 4.78 is 18.7. The minimum atomic E-state index is -0.653. The van der Waals surface area contributed by atoms with Gasteiger partial charge in [-0.05, 0) is 24.7 Å². The van der Waals surface area contributed by atoms with Crippen molar-refractivity contribution in [1.82, 2.24) is 0 Å². The molecular formula is C13H17FN2O3. The number of nitro benzene ring substituents is 1. The van der Waals surface area contributed by atoms with Gasteiger partial charge < -0.3 is 10.1 Å². The van der Waals surface area contributed by atoms with Crippen molar-refractivity contribution in [3.63, 3.8) is 0 Å². The van der Waals surface area contributed by atoms with E-state index in [0.29, 0.717) is 6.54 Å². The third kappa shape index (κ3) is 2.77. The molecule has 1 saturated carbocycles. The van der Waals surface area contributed by atoms with Gasteiger partial charge in [0, 0.05) is 12.6 Å². The van der Waals surface area contributed by atoms with E-state index in [1.54, 1.807) is 0 Å². The maximum Gasteiger partial charge on any atom is 0.313 e. The molecule has 0 bridgehead atoms. The van der Waals surface area contributed by atoms with E-state index < -0.39 is 10.7 Å². The summed E-state index contributed by atoms with van der Waals surface area (Å²) in [6.07, 6.45) is 3.33. The average molecular weight is 268 g/mol. The number of nitrogens with one attached hydrogen (secondary N) is 1. The molecule has 1 aliphatic carbocycles. The molecule has 1 N–H and O–H groups in total. The van der Waals surface area contributed by atoms with Crippen LogP contribution in [0.25, 0.3) is 0 Å². The Morgan fingerprint density at radius 3 is 2.68 bits per heavy atom. The first kappa shape index (κ1) is 13.6. The number of ether oxygens (including phenoxy) is 1. The second-order valence-corrected chi connectivity index (χ2v) is 4.97. The van der Waals surface area contributed by atoms with Crippen molar-refractivity contribution in [2.45, 2.75) is 26.2 Å². The highest BCUT2D eigenvalue weighted by Crippen LogP contribution is 2.48. The van der Waals surface area contributed by atoms with Crippen LogP contribution >= 0.6 is 0 Å². The molecule has 1 aromatic rings. The number of methoxy groups -OCH3 is 1. The standard InChI is InChI=1S/C13H17FN2O3/c1-3-13(4-5-13)8-15-10-7-12(19-2)11(16(17)18)6-9(10)14/h6-7,15H,3-5,8H2,1-2H3. The highest BCUT2D eigenvalue weighted by molar-refractivity contribution is 5.59. The molecule has 6 heteroatoms. The topological polar surface area (TPSA) is 64.4 Å². The first-order valence-corrected chi connectivity index (χ1v) is 6.27. The Hall–Kier alpha value is -1.85. The van der Waals surface area contributed by atoms with Gasteiger partial charge in [-0.25, -0.2) is 4.39 Å². The van der Waals surface area contributed by atoms with Crippen LogP contribution in [0.4, 0.5) is 15.8 Å². The lowest BCUT2D eigenvalue weighted by Gasteiger charge is -2.15. The number of nitrogens with zero attached hydrogens (tertiary/aromatic N) is 1. The molecule has 1 aromatic carbocycles. The molecule has 5 nitrogen and oxygen atoms in total. The molecule has 0 heterocycles. The highest BCUT2D eigenvalue weighted by Gasteiger charge is 2.40. The normalized spacial score (nSPS) is 15.9. The molecule has 0 spiro atoms. The summed E-state index contributed by atoms with van der Waals surface area (Å²) in [7, 11) is 1.33. The van der Waals surface area contributed by atoms with E-state index in [1.165, 1.54) is 13.2 Å². The van der Waals surface area contributed by atoms with Crippen molar-refractivity contribution < 1.29 is 14.1 Å². The predicted molar refractivity (Wildman–Crippen MR) is 70.1 cm³/mol. The highest BCUT2D eigenvalue weighted by atomic mass is 19.1. The number of benzene rings is 1. The number of hydrogen-bond acceptors (Lipinski definition) is 4. The van der Waals surface area contributed by atoms with Crippen LogP contribution in [0.3, 0.4) is 0 Å². The summed E-state index contributed by atoms with van der Waals surface area (Å²) in [5.41, 5.74) is 0.158. The van der Waals surface area contributed by atoms with Gasteiger partial charge in [-0.2, -0.15) is 0 Å². The van der Waals surface area contributed by atoms with E-state index >= 15 is 0 Å². The van der Waals surface area contributed by atoms with Gasteiger partial charge in [-0.15, -0.1) is 0 Å². The van der Waals surface area contributed by atoms with Crippen molar-refractivity contribution in [2.24, 2.45) is 5.41 Å². The van der Waals surface area contributed by atoms with Crippen LogP contribution in [0.15, 0.2) is 12.1 Å². The van der Waals surface area contributed by atoms with Gasteiger partial charge in [0.1, 0.15) is 0 Å². The Labute approximate surface area is 110 Å². The second kappa shape index (κ2) is 5.03. The van der Waals surface area contributed by atoms with Crippen LogP contribution in [0.2, 0.25) is 0 Å². The molecule has 104 valence electrons. The van der Waals surface area contributed by atoms with Gasteiger partial charge in [0.25, 0.3) is 0 Å². The van der Waals surface area contributed by atoms with E-state index in [0.717, 1.165) is 25.3 Å². The molecule has 1 aliphatic rings. The molecule has 0 aromatic heterocycles. The zero-order chi connectivity index (χ0) is 14.0. The van der Waals surface area contributed by atoms with Crippen LogP contribution in [0.5, 0.6) is 5.75 Å². The minimum Gasteiger partial charge on any atom is -0.490 e. The fraction of sp³-hybridized carbons (Fsp3) is 0.538. The summed E-state index contributed by atoms with van der Waals surface area (Å²) >= 11 is 0. The van der Waals surface area contributed by atoms with Crippen LogP contribution in [0.1, 0.15) is 26.2 Å². The van der Waals surface area contributed by atoms with Crippen molar-refractivity contribution in [2.75, 3.05) is 19.0 Å². The average Bonchev–Trinajstić information content (AvgIpc) is 3.17. The van der Waals surface area contributed by atoms with Crippen molar-refractivity contribution in [1.29, 1.82) is 0 Å². The van der Waals surface area contributed by atoms with E-state index in [1.807, 2.05) is 0 Å². The third-order valence-corrected chi connectivity index (χ3v) is 3.83. The Balaban J connectivity index is 2.19. The summed E-state index contributed by atoms with van der Waals surface area (Å²) in [6.45, 7) is 2.79. The number of rotatable bonds is 6. The van der Waals surface area contributed by atoms with Crippen LogP contribution in [-0.2, 0) is 0 Å². The minimum absolute atomic E-state index is 0.0650. The maximum atomic E-state index is 13.8. The van der Waals surface area contributed by atoms with Crippen molar-refractivity contribution >= 4 is 11.4 Å². The van der Waals surface area contributed by atoms with Crippen molar-refractivity contribution in [3.8, 4) is 5.75 Å². The molecule has 0 saturated heterocycles. The zero-order valence-corrected chi connectivity index (χ0v) is 11.0. The van der Waals surface area contributed by atoms with Gasteiger partial charge in [-0.1, -0.05) is 6.92 Å². The number of anilines is 1. The van der Waals surface area contributed by atoms with Gasteiger partial charge in [-0.3, -0.25) is 10.1 Å². The summed E-state index contributed by atoms with van der Waals surface area (Å²) in [5, 5.41) is 13.8. The molecule has 0 unspecified atom stereocenters. The largest absolute Gasteiger partial charge is 0.490 e. The van der Waals surface area contributed by atoms with Crippen LogP contribution in [-0.4, -0.2) is 18.6 Å². The second-order valence-electron chi connectivity index (χ2n) is 4.97. The van der Waals surface area contributed by atoms with E-state index in [9.17, 15) is 14.5 Å². The van der Waals surface area contributed by atoms with Gasteiger partial charge in [0.15, 0.2) is 11.6 Å². The number of halogens is 1. The first-order valence-electron chi connectivity index (χ1n) is 6.27. The van der Waals surface area contributed by atoms with E-state index in [4.69, 9.17) is 4.74 Å². The monoisotopic (exact) mass is 268 g/mol. The summed E-state index contributed by atoms with van der Waals surface area (Å²) in [5.74, 6) is -0.561. The lowest BCUT2D eigenvalue weighted by atomic mass is 10.0. The maximum absolute atomic E-state index is 13.8. The number of hydrogen-bond donors (Lipinski definition) is 1. The lowest BCUT2D eigenvalue weighted by Crippen LogP contribution is -2.15. The zero-order valence-electron chi connectivity index (χ0n) is 11.0. The molecule has 0 atom stereocenters. The Bertz CT molecular complexity index is 501. The Morgan fingerprint density at radius 2 is 2.21 bits per heavy atom. The van der Waals surface area contributed by atoms with Gasteiger partial charge >= 0.3 is 5.69 Å². The van der Waals surface area contributed by atoms with Crippen LogP contribution in [0, 0.1) is 21.3 Å². The van der Waals surface area contributed by atoms with E-state index in [2.05, 4.69) is 12.2 Å². The molecule has 19 heavy (non-hydrogen) atoms. The summed E-state index contributed by atoms with van der Waals surface area (Å²) in [6, 6.07) is 2.24. The Morgan fingerprint density at radius 1 is 1.53 bits per heavy atom. The SMILES string of the molecule is CCC1(CNc2cc(OC)c([N+](=O)[O-])cc2F)CC1. The smallest absolute Gasteiger partial charge is 0.313 e. The van der Waals surface area contributed by atoms with E-state index in [-0.39, 0.29) is 22.5 Å². The molecule has 2 rings (SSSR count). The fourth-order valence-electron chi connectivity index (χ4n) is 2.10. The fourth-order valence-corrected chi connectivity index (χ4v) is 2.10. The molecule has 0 radical (unpaired) electrons. The number of nitro groups is 1. The predicted octanol–water partition coefficient (Wildman–Crippen LogP) is 3.34. The van der Waals surface area contributed by atoms with Gasteiger partial charge in [0.05, 0.1) is 23.8 Å². The molecular weight excluding hydrogens is 251 g/mol. The Kier molecular flexibility index (Phi) is 3.59. The molecule has 0 aliphatic heterocycles. The van der Waals surface area contributed by atoms with Gasteiger partial charge in [0.2, 0.25) is 0 Å². The quantitative estimate of drug-likeness (QED) is 0.634. The molecule has 0 amide bonds. The summed E-state index contributed by atoms with van der Waals surface area (Å²) in [4.78, 5) is 10.1. The lowest BCUT2D eigenvalue weighted by molar-refractivity contribution is -0.385. The van der Waals surface area contributed by atoms with Crippen molar-refractivity contribution in [3.05, 3.63) is 28.1 Å². The first-order chi connectivity index (χ1) is 9.01. The molecule has 1 fully saturated rings.